The summed E-state index contributed by atoms with van der Waals surface area (Å²) in [4.78, 5) is 8.39. The van der Waals surface area contributed by atoms with Crippen LogP contribution in [0, 0.1) is 22.7 Å². The van der Waals surface area contributed by atoms with Crippen molar-refractivity contribution >= 4 is 17.6 Å². The third-order valence-corrected chi connectivity index (χ3v) is 5.52. The number of nitrogen functional groups attached to an aromatic ring is 1. The Balaban J connectivity index is 0.000000610. The van der Waals surface area contributed by atoms with E-state index < -0.39 is 0 Å². The van der Waals surface area contributed by atoms with Gasteiger partial charge in [0.25, 0.3) is 0 Å². The molecule has 1 aliphatic heterocycles. The Kier molecular flexibility index (Phi) is 7.83. The molecule has 156 valence electrons. The lowest BCUT2D eigenvalue weighted by molar-refractivity contribution is 0.0367. The lowest BCUT2D eigenvalue weighted by Gasteiger charge is -2.13. The van der Waals surface area contributed by atoms with Gasteiger partial charge < -0.3 is 15.2 Å². The predicted molar refractivity (Wildman–Crippen MR) is 119 cm³/mol. The fourth-order valence-electron chi connectivity index (χ4n) is 2.73. The predicted octanol–water partition coefficient (Wildman–Crippen LogP) is 4.18. The van der Waals surface area contributed by atoms with Crippen molar-refractivity contribution in [1.29, 1.82) is 10.5 Å². The molecule has 0 amide bonds. The Bertz CT molecular complexity index is 1100. The maximum absolute atomic E-state index is 9.78. The van der Waals surface area contributed by atoms with E-state index in [0.717, 1.165) is 18.8 Å². The van der Waals surface area contributed by atoms with Crippen LogP contribution in [0.1, 0.15) is 23.1 Å². The second kappa shape index (κ2) is 11.0. The molecule has 0 aliphatic carbocycles. The number of pyridine rings is 2. The normalized spacial score (nSPS) is 11.8. The summed E-state index contributed by atoms with van der Waals surface area (Å²) in [5.74, 6) is 1.38. The lowest BCUT2D eigenvalue weighted by atomic mass is 9.97. The molecule has 0 radical (unpaired) electrons. The smallest absolute Gasteiger partial charge is 0.143 e. The van der Waals surface area contributed by atoms with E-state index in [1.54, 1.807) is 43.8 Å². The van der Waals surface area contributed by atoms with E-state index in [-0.39, 0.29) is 11.4 Å². The number of nitrogens with zero attached hydrogens (tertiary/aromatic N) is 4. The zero-order valence-corrected chi connectivity index (χ0v) is 17.9. The zero-order valence-electron chi connectivity index (χ0n) is 17.0. The second-order valence-electron chi connectivity index (χ2n) is 6.50. The van der Waals surface area contributed by atoms with Gasteiger partial charge in [0.15, 0.2) is 0 Å². The minimum Gasteiger partial charge on any atom is -0.497 e. The van der Waals surface area contributed by atoms with Crippen molar-refractivity contribution in [2.45, 2.75) is 17.2 Å². The van der Waals surface area contributed by atoms with E-state index in [2.05, 4.69) is 22.1 Å². The lowest BCUT2D eigenvalue weighted by Crippen LogP contribution is -2.09. The number of hydrogen-bond donors (Lipinski definition) is 1. The van der Waals surface area contributed by atoms with E-state index in [0.29, 0.717) is 33.2 Å². The highest BCUT2D eigenvalue weighted by Gasteiger charge is 2.20. The molecule has 0 atom stereocenters. The minimum atomic E-state index is 0.107. The van der Waals surface area contributed by atoms with Crippen LogP contribution in [-0.2, 0) is 10.5 Å². The Hall–Kier alpha value is -3.59. The molecule has 4 rings (SSSR count). The van der Waals surface area contributed by atoms with Crippen molar-refractivity contribution in [3.8, 4) is 29.0 Å². The number of thioether (sulfide) groups is 1. The molecule has 1 saturated heterocycles. The first-order valence-electron chi connectivity index (χ1n) is 9.55. The van der Waals surface area contributed by atoms with Gasteiger partial charge in [0.05, 0.1) is 12.7 Å². The third-order valence-electron chi connectivity index (χ3n) is 4.47. The summed E-state index contributed by atoms with van der Waals surface area (Å²) in [5.41, 5.74) is 8.76. The van der Waals surface area contributed by atoms with Crippen LogP contribution in [0.4, 0.5) is 5.82 Å². The number of hydrogen-bond acceptors (Lipinski definition) is 8. The van der Waals surface area contributed by atoms with Gasteiger partial charge in [-0.3, -0.25) is 4.98 Å². The molecule has 3 heterocycles. The number of anilines is 1. The summed E-state index contributed by atoms with van der Waals surface area (Å²) in [6, 6.07) is 15.2. The van der Waals surface area contributed by atoms with Gasteiger partial charge in [0.2, 0.25) is 0 Å². The number of ether oxygens (including phenoxy) is 2. The molecule has 0 spiro atoms. The Morgan fingerprint density at radius 2 is 1.81 bits per heavy atom. The molecule has 0 saturated carbocycles. The highest BCUT2D eigenvalue weighted by molar-refractivity contribution is 7.98. The largest absolute Gasteiger partial charge is 0.497 e. The molecule has 1 aromatic carbocycles. The van der Waals surface area contributed by atoms with E-state index >= 15 is 0 Å². The molecule has 2 aromatic heterocycles. The van der Waals surface area contributed by atoms with Crippen molar-refractivity contribution in [1.82, 2.24) is 9.97 Å². The van der Waals surface area contributed by atoms with Crippen LogP contribution in [0.2, 0.25) is 0 Å². The highest BCUT2D eigenvalue weighted by atomic mass is 32.2. The number of benzene rings is 1. The standard InChI is InChI=1S/C20H15N5OS.C3H6O/c1-26-15-6-4-14(5-7-15)18-16(9-21)19(23)25-20(17(18)10-22)27-12-13-3-2-8-24-11-13;1-2-4-3-1/h2-8,11H,12H2,1H3,(H2,23,25);1-3H2. The first kappa shape index (κ1) is 22.1. The van der Waals surface area contributed by atoms with Gasteiger partial charge in [-0.1, -0.05) is 18.2 Å². The van der Waals surface area contributed by atoms with E-state index in [1.807, 2.05) is 12.1 Å². The van der Waals surface area contributed by atoms with E-state index in [9.17, 15) is 10.5 Å². The van der Waals surface area contributed by atoms with E-state index in [1.165, 1.54) is 18.2 Å². The van der Waals surface area contributed by atoms with E-state index in [4.69, 9.17) is 15.2 Å². The summed E-state index contributed by atoms with van der Waals surface area (Å²) in [7, 11) is 1.58. The maximum atomic E-state index is 9.78. The first-order chi connectivity index (χ1) is 15.2. The van der Waals surface area contributed by atoms with Crippen molar-refractivity contribution in [3.05, 3.63) is 65.5 Å². The molecule has 8 heteroatoms. The van der Waals surface area contributed by atoms with Crippen LogP contribution in [0.15, 0.2) is 53.8 Å². The number of methoxy groups -OCH3 is 1. The van der Waals surface area contributed by atoms with Gasteiger partial charge >= 0.3 is 0 Å². The Morgan fingerprint density at radius 1 is 1.13 bits per heavy atom. The fourth-order valence-corrected chi connectivity index (χ4v) is 3.66. The zero-order chi connectivity index (χ0) is 22.1. The summed E-state index contributed by atoms with van der Waals surface area (Å²) in [6.45, 7) is 2.00. The van der Waals surface area contributed by atoms with Gasteiger partial charge in [-0.25, -0.2) is 4.98 Å². The summed E-state index contributed by atoms with van der Waals surface area (Å²) in [6.07, 6.45) is 4.74. The summed E-state index contributed by atoms with van der Waals surface area (Å²) >= 11 is 1.39. The SMILES string of the molecule is C1COC1.COc1ccc(-c2c(C#N)c(N)nc(SCc3cccnc3)c2C#N)cc1. The van der Waals surface area contributed by atoms with Gasteiger partial charge in [-0.15, -0.1) is 11.8 Å². The molecular formula is C23H21N5O2S. The van der Waals surface area contributed by atoms with Crippen LogP contribution < -0.4 is 10.5 Å². The summed E-state index contributed by atoms with van der Waals surface area (Å²) in [5, 5.41) is 19.8. The summed E-state index contributed by atoms with van der Waals surface area (Å²) < 4.78 is 9.90. The van der Waals surface area contributed by atoms with Crippen LogP contribution in [-0.4, -0.2) is 30.3 Å². The first-order valence-corrected chi connectivity index (χ1v) is 10.5. The second-order valence-corrected chi connectivity index (χ2v) is 7.46. The molecule has 0 bridgehead atoms. The van der Waals surface area contributed by atoms with Crippen LogP contribution in [0.3, 0.4) is 0 Å². The number of nitriles is 2. The molecule has 1 aliphatic rings. The molecular weight excluding hydrogens is 410 g/mol. The van der Waals surface area contributed by atoms with Crippen molar-refractivity contribution in [2.24, 2.45) is 0 Å². The van der Waals surface area contributed by atoms with Crippen molar-refractivity contribution in [3.63, 3.8) is 0 Å². The molecule has 3 aromatic rings. The fraction of sp³-hybridized carbons (Fsp3) is 0.217. The van der Waals surface area contributed by atoms with Crippen LogP contribution >= 0.6 is 11.8 Å². The topological polar surface area (TPSA) is 118 Å². The number of aromatic nitrogens is 2. The number of nitrogens with two attached hydrogens (primary N) is 1. The monoisotopic (exact) mass is 431 g/mol. The molecule has 1 fully saturated rings. The minimum absolute atomic E-state index is 0.107. The van der Waals surface area contributed by atoms with Gasteiger partial charge in [0.1, 0.15) is 34.3 Å². The van der Waals surface area contributed by atoms with Crippen molar-refractivity contribution < 1.29 is 9.47 Å². The number of rotatable bonds is 5. The third kappa shape index (κ3) is 5.52. The molecule has 7 nitrogen and oxygen atoms in total. The van der Waals surface area contributed by atoms with Crippen LogP contribution in [0.25, 0.3) is 11.1 Å². The Labute approximate surface area is 185 Å². The Morgan fingerprint density at radius 3 is 2.32 bits per heavy atom. The quantitative estimate of drug-likeness (QED) is 0.598. The molecule has 31 heavy (non-hydrogen) atoms. The van der Waals surface area contributed by atoms with Gasteiger partial charge in [0, 0.05) is 36.9 Å². The highest BCUT2D eigenvalue weighted by Crippen LogP contribution is 2.37. The van der Waals surface area contributed by atoms with Gasteiger partial charge in [-0.2, -0.15) is 10.5 Å². The maximum Gasteiger partial charge on any atom is 0.143 e. The van der Waals surface area contributed by atoms with Crippen LogP contribution in [0.5, 0.6) is 5.75 Å². The average Bonchev–Trinajstić information content (AvgIpc) is 2.76. The molecule has 0 unspecified atom stereocenters. The van der Waals surface area contributed by atoms with Crippen molar-refractivity contribution in [2.75, 3.05) is 26.1 Å². The molecule has 2 N–H and O–H groups in total. The average molecular weight is 432 g/mol. The van der Waals surface area contributed by atoms with Gasteiger partial charge in [-0.05, 0) is 35.7 Å².